The molecule has 0 saturated heterocycles. The third-order valence-corrected chi connectivity index (χ3v) is 1.85. The van der Waals surface area contributed by atoms with Crippen LogP contribution in [0.15, 0.2) is 17.2 Å². The molecule has 1 heterocycles. The van der Waals surface area contributed by atoms with E-state index in [9.17, 15) is 4.79 Å². The van der Waals surface area contributed by atoms with E-state index in [0.29, 0.717) is 5.57 Å². The normalized spacial score (nSPS) is 11.5. The summed E-state index contributed by atoms with van der Waals surface area (Å²) >= 11 is 1.42. The third kappa shape index (κ3) is 2.16. The third-order valence-electron chi connectivity index (χ3n) is 1.13. The molecule has 4 heteroatoms. The number of carboxylic acids is 1. The summed E-state index contributed by atoms with van der Waals surface area (Å²) < 4.78 is 0. The molecular weight excluding hydrogens is 162 g/mol. The number of carboxylic acid groups (broad SMARTS) is 1. The van der Waals surface area contributed by atoms with Crippen molar-refractivity contribution in [2.24, 2.45) is 0 Å². The second kappa shape index (κ2) is 3.30. The summed E-state index contributed by atoms with van der Waals surface area (Å²) in [4.78, 5) is 14.3. The number of aliphatic carboxylic acids is 1. The maximum absolute atomic E-state index is 10.3. The Balaban J connectivity index is 2.82. The highest BCUT2D eigenvalue weighted by Gasteiger charge is 1.99. The lowest BCUT2D eigenvalue weighted by molar-refractivity contribution is -0.132. The zero-order valence-electron chi connectivity index (χ0n) is 5.94. The van der Waals surface area contributed by atoms with E-state index in [1.165, 1.54) is 11.3 Å². The van der Waals surface area contributed by atoms with E-state index in [2.05, 4.69) is 4.98 Å². The summed E-state index contributed by atoms with van der Waals surface area (Å²) in [6.45, 7) is 1.55. The molecule has 0 aliphatic rings. The van der Waals surface area contributed by atoms with Crippen LogP contribution < -0.4 is 0 Å². The fraction of sp³-hybridized carbons (Fsp3) is 0.143. The Morgan fingerprint density at radius 2 is 2.55 bits per heavy atom. The van der Waals surface area contributed by atoms with Crippen molar-refractivity contribution in [3.8, 4) is 0 Å². The van der Waals surface area contributed by atoms with Crippen molar-refractivity contribution in [1.82, 2.24) is 4.98 Å². The minimum Gasteiger partial charge on any atom is -0.478 e. The predicted octanol–water partition coefficient (Wildman–Crippen LogP) is 1.63. The Morgan fingerprint density at radius 3 is 3.00 bits per heavy atom. The van der Waals surface area contributed by atoms with Gasteiger partial charge >= 0.3 is 5.97 Å². The van der Waals surface area contributed by atoms with Gasteiger partial charge in [-0.3, -0.25) is 0 Å². The summed E-state index contributed by atoms with van der Waals surface area (Å²) in [5.41, 5.74) is 0.306. The molecular formula is C7H7NO2S. The van der Waals surface area contributed by atoms with Gasteiger partial charge in [0.25, 0.3) is 0 Å². The molecule has 1 N–H and O–H groups in total. The van der Waals surface area contributed by atoms with Crippen LogP contribution in [0.25, 0.3) is 6.08 Å². The molecule has 0 bridgehead atoms. The molecule has 0 fully saturated rings. The monoisotopic (exact) mass is 169 g/mol. The van der Waals surface area contributed by atoms with Gasteiger partial charge in [0.15, 0.2) is 0 Å². The summed E-state index contributed by atoms with van der Waals surface area (Å²) in [6, 6.07) is 0. The number of thiazole rings is 1. The van der Waals surface area contributed by atoms with Gasteiger partial charge in [0.1, 0.15) is 5.01 Å². The van der Waals surface area contributed by atoms with Crippen molar-refractivity contribution in [2.45, 2.75) is 6.92 Å². The van der Waals surface area contributed by atoms with E-state index in [1.807, 2.05) is 0 Å². The fourth-order valence-corrected chi connectivity index (χ4v) is 1.18. The molecule has 1 aromatic rings. The minimum atomic E-state index is -0.903. The van der Waals surface area contributed by atoms with E-state index < -0.39 is 5.97 Å². The maximum Gasteiger partial charge on any atom is 0.331 e. The molecule has 1 aromatic heterocycles. The van der Waals surface area contributed by atoms with E-state index in [-0.39, 0.29) is 0 Å². The number of nitrogens with zero attached hydrogens (tertiary/aromatic N) is 1. The molecule has 11 heavy (non-hydrogen) atoms. The second-order valence-electron chi connectivity index (χ2n) is 2.00. The first-order valence-electron chi connectivity index (χ1n) is 3.01. The lowest BCUT2D eigenvalue weighted by atomic mass is 10.3. The molecule has 0 aliphatic carbocycles. The number of hydrogen-bond acceptors (Lipinski definition) is 3. The average Bonchev–Trinajstić information content (AvgIpc) is 2.39. The molecule has 58 valence electrons. The van der Waals surface area contributed by atoms with E-state index in [0.717, 1.165) is 5.01 Å². The van der Waals surface area contributed by atoms with Gasteiger partial charge in [-0.05, 0) is 13.0 Å². The minimum absolute atomic E-state index is 0.306. The van der Waals surface area contributed by atoms with Crippen molar-refractivity contribution in [1.29, 1.82) is 0 Å². The topological polar surface area (TPSA) is 50.2 Å². The molecule has 0 radical (unpaired) electrons. The number of rotatable bonds is 2. The second-order valence-corrected chi connectivity index (χ2v) is 2.93. The first kappa shape index (κ1) is 7.94. The van der Waals surface area contributed by atoms with Crippen LogP contribution in [0.3, 0.4) is 0 Å². The van der Waals surface area contributed by atoms with Gasteiger partial charge in [0.2, 0.25) is 0 Å². The Labute approximate surface area is 68.0 Å². The van der Waals surface area contributed by atoms with E-state index in [1.54, 1.807) is 24.6 Å². The molecule has 0 spiro atoms. The van der Waals surface area contributed by atoms with Crippen molar-refractivity contribution in [3.63, 3.8) is 0 Å². The molecule has 3 nitrogen and oxygen atoms in total. The highest BCUT2D eigenvalue weighted by atomic mass is 32.1. The molecule has 1 rings (SSSR count). The van der Waals surface area contributed by atoms with Crippen LogP contribution in [0.4, 0.5) is 0 Å². The van der Waals surface area contributed by atoms with Gasteiger partial charge in [-0.25, -0.2) is 9.78 Å². The number of hydrogen-bond donors (Lipinski definition) is 1. The molecule has 0 atom stereocenters. The van der Waals surface area contributed by atoms with Crippen molar-refractivity contribution in [3.05, 3.63) is 22.2 Å². The first-order chi connectivity index (χ1) is 5.20. The summed E-state index contributed by atoms with van der Waals surface area (Å²) in [5, 5.41) is 11.0. The summed E-state index contributed by atoms with van der Waals surface area (Å²) in [5.74, 6) is -0.903. The molecule has 0 aliphatic heterocycles. The number of carbonyl (C=O) groups is 1. The van der Waals surface area contributed by atoms with E-state index >= 15 is 0 Å². The summed E-state index contributed by atoms with van der Waals surface area (Å²) in [7, 11) is 0. The van der Waals surface area contributed by atoms with Crippen LogP contribution in [0, 0.1) is 0 Å². The van der Waals surface area contributed by atoms with Gasteiger partial charge in [-0.15, -0.1) is 11.3 Å². The molecule has 0 saturated carbocycles. The van der Waals surface area contributed by atoms with Gasteiger partial charge < -0.3 is 5.11 Å². The van der Waals surface area contributed by atoms with Crippen LogP contribution in [0.1, 0.15) is 11.9 Å². The van der Waals surface area contributed by atoms with Crippen LogP contribution in [-0.2, 0) is 4.79 Å². The fourth-order valence-electron chi connectivity index (χ4n) is 0.553. The molecule has 0 unspecified atom stereocenters. The largest absolute Gasteiger partial charge is 0.478 e. The van der Waals surface area contributed by atoms with Crippen LogP contribution in [0.2, 0.25) is 0 Å². The van der Waals surface area contributed by atoms with Crippen LogP contribution in [-0.4, -0.2) is 16.1 Å². The van der Waals surface area contributed by atoms with Crippen LogP contribution in [0.5, 0.6) is 0 Å². The van der Waals surface area contributed by atoms with Gasteiger partial charge in [-0.2, -0.15) is 0 Å². The highest BCUT2D eigenvalue weighted by Crippen LogP contribution is 2.09. The lowest BCUT2D eigenvalue weighted by Gasteiger charge is -1.88. The van der Waals surface area contributed by atoms with Crippen molar-refractivity contribution >= 4 is 23.4 Å². The quantitative estimate of drug-likeness (QED) is 0.684. The maximum atomic E-state index is 10.3. The SMILES string of the molecule is C/C(=C/c1nccs1)C(=O)O. The average molecular weight is 169 g/mol. The van der Waals surface area contributed by atoms with Crippen molar-refractivity contribution < 1.29 is 9.90 Å². The Morgan fingerprint density at radius 1 is 1.82 bits per heavy atom. The zero-order chi connectivity index (χ0) is 8.27. The standard InChI is InChI=1S/C7H7NO2S/c1-5(7(9)10)4-6-8-2-3-11-6/h2-4H,1H3,(H,9,10)/b5-4-. The van der Waals surface area contributed by atoms with Gasteiger partial charge in [0, 0.05) is 17.2 Å². The Kier molecular flexibility index (Phi) is 2.38. The first-order valence-corrected chi connectivity index (χ1v) is 3.89. The van der Waals surface area contributed by atoms with Gasteiger partial charge in [-0.1, -0.05) is 0 Å². The summed E-state index contributed by atoms with van der Waals surface area (Å²) in [6.07, 6.45) is 3.19. The Hall–Kier alpha value is -1.16. The zero-order valence-corrected chi connectivity index (χ0v) is 6.76. The predicted molar refractivity (Wildman–Crippen MR) is 43.4 cm³/mol. The Bertz CT molecular complexity index is 277. The number of aromatic nitrogens is 1. The lowest BCUT2D eigenvalue weighted by Crippen LogP contribution is -1.94. The molecule has 0 amide bonds. The van der Waals surface area contributed by atoms with Crippen molar-refractivity contribution in [2.75, 3.05) is 0 Å². The van der Waals surface area contributed by atoms with Gasteiger partial charge in [0.05, 0.1) is 0 Å². The highest BCUT2D eigenvalue weighted by molar-refractivity contribution is 7.10. The smallest absolute Gasteiger partial charge is 0.331 e. The van der Waals surface area contributed by atoms with Crippen LogP contribution >= 0.6 is 11.3 Å². The molecule has 0 aromatic carbocycles. The van der Waals surface area contributed by atoms with E-state index in [4.69, 9.17) is 5.11 Å².